The number of hydrogen-bond donors (Lipinski definition) is 4. The van der Waals surface area contributed by atoms with Crippen molar-refractivity contribution in [3.63, 3.8) is 0 Å². The number of nitrogens with two attached hydrogens (primary N) is 1. The van der Waals surface area contributed by atoms with Crippen LogP contribution in [-0.4, -0.2) is 36.8 Å². The van der Waals surface area contributed by atoms with Crippen molar-refractivity contribution in [2.24, 2.45) is 11.1 Å². The Morgan fingerprint density at radius 2 is 1.88 bits per heavy atom. The molecule has 4 unspecified atom stereocenters. The monoisotopic (exact) mass is 259 g/mol. The van der Waals surface area contributed by atoms with E-state index < -0.39 is 33.2 Å². The number of hydrogen-bond acceptors (Lipinski definition) is 5. The number of carboxylic acid groups (broad SMARTS) is 1. The highest BCUT2D eigenvalue weighted by molar-refractivity contribution is 7.90. The van der Waals surface area contributed by atoms with Gasteiger partial charge < -0.3 is 5.11 Å². The summed E-state index contributed by atoms with van der Waals surface area (Å²) in [6.45, 7) is 0. The molecule has 0 aromatic rings. The summed E-state index contributed by atoms with van der Waals surface area (Å²) < 4.78 is 23.0. The first-order chi connectivity index (χ1) is 7.91. The second-order valence-electron chi connectivity index (χ2n) is 4.03. The minimum Gasteiger partial charge on any atom is -0.480 e. The molecule has 94 valence electrons. The standard InChI is InChI=1S/C9H13N3O4S/c10-17(15,16)6-4-2-1-3-5-7(6)8(9(13)14)12-11-5/h1-8,11-12H,(H,13,14)(H2,10,15,16). The van der Waals surface area contributed by atoms with Gasteiger partial charge in [0.25, 0.3) is 0 Å². The van der Waals surface area contributed by atoms with Crippen molar-refractivity contribution in [3.05, 3.63) is 24.3 Å². The maximum absolute atomic E-state index is 11.5. The Kier molecular flexibility index (Phi) is 3.04. The van der Waals surface area contributed by atoms with E-state index in [1.807, 2.05) is 0 Å². The number of carboxylic acids is 1. The number of sulfonamides is 1. The van der Waals surface area contributed by atoms with Gasteiger partial charge >= 0.3 is 5.97 Å². The Morgan fingerprint density at radius 3 is 2.47 bits per heavy atom. The van der Waals surface area contributed by atoms with Crippen LogP contribution in [0, 0.1) is 5.92 Å². The molecule has 0 bridgehead atoms. The van der Waals surface area contributed by atoms with Crippen LogP contribution in [-0.2, 0) is 14.8 Å². The first-order valence-corrected chi connectivity index (χ1v) is 6.62. The number of allylic oxidation sites excluding steroid dienone is 2. The fourth-order valence-corrected chi connectivity index (χ4v) is 3.27. The molecule has 0 aromatic heterocycles. The van der Waals surface area contributed by atoms with Gasteiger partial charge in [-0.15, -0.1) is 0 Å². The number of hydrazine groups is 1. The summed E-state index contributed by atoms with van der Waals surface area (Å²) in [4.78, 5) is 11.1. The van der Waals surface area contributed by atoms with E-state index >= 15 is 0 Å². The number of nitrogens with one attached hydrogen (secondary N) is 2. The van der Waals surface area contributed by atoms with Crippen LogP contribution in [0.1, 0.15) is 0 Å². The van der Waals surface area contributed by atoms with Crippen LogP contribution < -0.4 is 16.0 Å². The van der Waals surface area contributed by atoms with E-state index in [0.29, 0.717) is 0 Å². The lowest BCUT2D eigenvalue weighted by atomic mass is 9.91. The van der Waals surface area contributed by atoms with Gasteiger partial charge in [-0.1, -0.05) is 24.3 Å². The molecule has 17 heavy (non-hydrogen) atoms. The van der Waals surface area contributed by atoms with Crippen LogP contribution in [0.15, 0.2) is 24.3 Å². The van der Waals surface area contributed by atoms with Crippen molar-refractivity contribution in [1.82, 2.24) is 10.9 Å². The average Bonchev–Trinajstić information content (AvgIpc) is 2.49. The van der Waals surface area contributed by atoms with Crippen LogP contribution in [0.2, 0.25) is 0 Å². The molecule has 0 aromatic carbocycles. The average molecular weight is 259 g/mol. The van der Waals surface area contributed by atoms with Crippen molar-refractivity contribution in [2.75, 3.05) is 0 Å². The second kappa shape index (κ2) is 4.22. The maximum Gasteiger partial charge on any atom is 0.322 e. The normalized spacial score (nSPS) is 36.5. The third kappa shape index (κ3) is 2.25. The van der Waals surface area contributed by atoms with Crippen LogP contribution in [0.25, 0.3) is 0 Å². The number of rotatable bonds is 2. The van der Waals surface area contributed by atoms with Gasteiger partial charge in [0.1, 0.15) is 11.3 Å². The first-order valence-electron chi connectivity index (χ1n) is 5.02. The van der Waals surface area contributed by atoms with Crippen molar-refractivity contribution in [3.8, 4) is 0 Å². The number of aliphatic carboxylic acids is 1. The Hall–Kier alpha value is -1.22. The van der Waals surface area contributed by atoms with Gasteiger partial charge in [0, 0.05) is 12.0 Å². The van der Waals surface area contributed by atoms with Crippen molar-refractivity contribution >= 4 is 16.0 Å². The highest BCUT2D eigenvalue weighted by atomic mass is 32.2. The summed E-state index contributed by atoms with van der Waals surface area (Å²) >= 11 is 0. The zero-order valence-corrected chi connectivity index (χ0v) is 9.59. The second-order valence-corrected chi connectivity index (χ2v) is 5.75. The van der Waals surface area contributed by atoms with Crippen LogP contribution >= 0.6 is 0 Å². The Labute approximate surface area is 98.4 Å². The van der Waals surface area contributed by atoms with Gasteiger partial charge in [-0.3, -0.25) is 4.79 Å². The summed E-state index contributed by atoms with van der Waals surface area (Å²) in [5.41, 5.74) is 5.33. The molecule has 2 aliphatic rings. The molecule has 7 nitrogen and oxygen atoms in total. The van der Waals surface area contributed by atoms with E-state index in [2.05, 4.69) is 10.9 Å². The molecule has 1 aliphatic heterocycles. The molecular formula is C9H13N3O4S. The lowest BCUT2D eigenvalue weighted by molar-refractivity contribution is -0.140. The zero-order valence-electron chi connectivity index (χ0n) is 8.78. The SMILES string of the molecule is NS(=O)(=O)C1C=CC=CC2NNC(C(=O)O)C21. The summed E-state index contributed by atoms with van der Waals surface area (Å²) in [5, 5.41) is 13.2. The highest BCUT2D eigenvalue weighted by Crippen LogP contribution is 2.27. The highest BCUT2D eigenvalue weighted by Gasteiger charge is 2.47. The zero-order chi connectivity index (χ0) is 12.6. The predicted octanol–water partition coefficient (Wildman–Crippen LogP) is -1.68. The summed E-state index contributed by atoms with van der Waals surface area (Å²) in [6, 6.07) is -1.37. The number of carbonyl (C=O) groups is 1. The third-order valence-corrected chi connectivity index (χ3v) is 4.19. The molecule has 5 N–H and O–H groups in total. The van der Waals surface area contributed by atoms with Gasteiger partial charge in [0.05, 0.1) is 0 Å². The quantitative estimate of drug-likeness (QED) is 0.470. The fourth-order valence-electron chi connectivity index (χ4n) is 2.20. The smallest absolute Gasteiger partial charge is 0.322 e. The predicted molar refractivity (Wildman–Crippen MR) is 60.1 cm³/mol. The van der Waals surface area contributed by atoms with Gasteiger partial charge in [0.2, 0.25) is 10.0 Å². The minimum absolute atomic E-state index is 0.380. The lowest BCUT2D eigenvalue weighted by Gasteiger charge is -2.23. The van der Waals surface area contributed by atoms with Crippen molar-refractivity contribution < 1.29 is 18.3 Å². The Balaban J connectivity index is 2.42. The molecule has 1 heterocycles. The Morgan fingerprint density at radius 1 is 1.24 bits per heavy atom. The molecule has 0 saturated carbocycles. The van der Waals surface area contributed by atoms with Gasteiger partial charge in [-0.2, -0.15) is 0 Å². The van der Waals surface area contributed by atoms with Crippen molar-refractivity contribution in [1.29, 1.82) is 0 Å². The molecule has 4 atom stereocenters. The molecule has 2 rings (SSSR count). The molecule has 0 amide bonds. The molecule has 0 spiro atoms. The minimum atomic E-state index is -3.84. The van der Waals surface area contributed by atoms with E-state index in [0.717, 1.165) is 0 Å². The van der Waals surface area contributed by atoms with E-state index in [4.69, 9.17) is 10.2 Å². The molecule has 1 fully saturated rings. The molecule has 1 aliphatic carbocycles. The topological polar surface area (TPSA) is 122 Å². The molecule has 0 radical (unpaired) electrons. The maximum atomic E-state index is 11.5. The largest absolute Gasteiger partial charge is 0.480 e. The molecular weight excluding hydrogens is 246 g/mol. The van der Waals surface area contributed by atoms with Crippen LogP contribution in [0.3, 0.4) is 0 Å². The summed E-state index contributed by atoms with van der Waals surface area (Å²) in [7, 11) is -3.84. The van der Waals surface area contributed by atoms with Gasteiger partial charge in [0.15, 0.2) is 0 Å². The van der Waals surface area contributed by atoms with Gasteiger partial charge in [-0.25, -0.2) is 24.4 Å². The number of fused-ring (bicyclic) bond motifs is 1. The van der Waals surface area contributed by atoms with E-state index in [-0.39, 0.29) is 6.04 Å². The summed E-state index contributed by atoms with van der Waals surface area (Å²) in [6.07, 6.45) is 6.36. The van der Waals surface area contributed by atoms with E-state index in [9.17, 15) is 13.2 Å². The van der Waals surface area contributed by atoms with E-state index in [1.54, 1.807) is 18.2 Å². The summed E-state index contributed by atoms with van der Waals surface area (Å²) in [5.74, 6) is -1.78. The fraction of sp³-hybridized carbons (Fsp3) is 0.444. The number of primary sulfonamides is 1. The Bertz CT molecular complexity index is 484. The molecule has 1 saturated heterocycles. The van der Waals surface area contributed by atoms with E-state index in [1.165, 1.54) is 6.08 Å². The van der Waals surface area contributed by atoms with Gasteiger partial charge in [-0.05, 0) is 0 Å². The molecule has 8 heteroatoms. The lowest BCUT2D eigenvalue weighted by Crippen LogP contribution is -2.46. The first kappa shape index (κ1) is 12.2. The van der Waals surface area contributed by atoms with Crippen LogP contribution in [0.5, 0.6) is 0 Å². The van der Waals surface area contributed by atoms with Crippen molar-refractivity contribution in [2.45, 2.75) is 17.3 Å². The third-order valence-electron chi connectivity index (χ3n) is 2.96. The van der Waals surface area contributed by atoms with Crippen LogP contribution in [0.4, 0.5) is 0 Å².